The number of rotatable bonds is 7. The third-order valence-electron chi connectivity index (χ3n) is 3.29. The average Bonchev–Trinajstić information content (AvgIpc) is 3.02. The van der Waals surface area contributed by atoms with Crippen molar-refractivity contribution in [3.05, 3.63) is 38.9 Å². The van der Waals surface area contributed by atoms with Crippen LogP contribution in [0.15, 0.2) is 23.5 Å². The van der Waals surface area contributed by atoms with Crippen molar-refractivity contribution < 1.29 is 17.9 Å². The van der Waals surface area contributed by atoms with E-state index in [0.29, 0.717) is 25.2 Å². The number of ether oxygens (including phenoxy) is 1. The number of alkyl halides is 3. The van der Waals surface area contributed by atoms with Gasteiger partial charge in [0.2, 0.25) is 5.88 Å². The van der Waals surface area contributed by atoms with Gasteiger partial charge in [0, 0.05) is 37.3 Å². The number of thiazole rings is 1. The zero-order valence-corrected chi connectivity index (χ0v) is 16.3. The summed E-state index contributed by atoms with van der Waals surface area (Å²) in [5.74, 6) is 0.534. The molecule has 0 atom stereocenters. The van der Waals surface area contributed by atoms with Gasteiger partial charge < -0.3 is 15.4 Å². The highest BCUT2D eigenvalue weighted by Crippen LogP contribution is 2.32. The van der Waals surface area contributed by atoms with Crippen LogP contribution in [0.3, 0.4) is 0 Å². The van der Waals surface area contributed by atoms with Gasteiger partial charge in [-0.1, -0.05) is 11.6 Å². The van der Waals surface area contributed by atoms with Crippen molar-refractivity contribution in [3.63, 3.8) is 0 Å². The standard InChI is InChI=1S/C16H19ClF3N5OS/c1-10-8-24-13(27-10)3-4-22-15(21-2)23-5-6-26-14-12(17)7-11(9-25-14)16(18,19)20/h7-9H,3-6H2,1-2H3,(H2,21,22,23). The Kier molecular flexibility index (Phi) is 7.66. The second-order valence-electron chi connectivity index (χ2n) is 5.40. The molecule has 27 heavy (non-hydrogen) atoms. The molecule has 2 N–H and O–H groups in total. The van der Waals surface area contributed by atoms with Gasteiger partial charge in [0.1, 0.15) is 11.6 Å². The SMILES string of the molecule is CN=C(NCCOc1ncc(C(F)(F)F)cc1Cl)NCCc1ncc(C)s1. The molecule has 0 fully saturated rings. The highest BCUT2D eigenvalue weighted by Gasteiger charge is 2.31. The fourth-order valence-electron chi connectivity index (χ4n) is 2.03. The number of guanidine groups is 1. The Hall–Kier alpha value is -2.07. The molecular formula is C16H19ClF3N5OS. The summed E-state index contributed by atoms with van der Waals surface area (Å²) in [4.78, 5) is 13.1. The van der Waals surface area contributed by atoms with Crippen molar-refractivity contribution in [2.24, 2.45) is 4.99 Å². The highest BCUT2D eigenvalue weighted by atomic mass is 35.5. The molecule has 0 unspecified atom stereocenters. The Morgan fingerprint density at radius 3 is 2.59 bits per heavy atom. The maximum atomic E-state index is 12.6. The van der Waals surface area contributed by atoms with Crippen molar-refractivity contribution in [3.8, 4) is 5.88 Å². The molecule has 148 valence electrons. The van der Waals surface area contributed by atoms with E-state index in [1.165, 1.54) is 4.88 Å². The number of aliphatic imine (C=N–C) groups is 1. The number of aromatic nitrogens is 2. The molecule has 0 saturated heterocycles. The summed E-state index contributed by atoms with van der Waals surface area (Å²) < 4.78 is 43.0. The molecular weight excluding hydrogens is 403 g/mol. The maximum Gasteiger partial charge on any atom is 0.417 e. The van der Waals surface area contributed by atoms with Crippen LogP contribution in [-0.2, 0) is 12.6 Å². The van der Waals surface area contributed by atoms with Crippen molar-refractivity contribution in [2.45, 2.75) is 19.5 Å². The molecule has 2 aromatic heterocycles. The summed E-state index contributed by atoms with van der Waals surface area (Å²) >= 11 is 7.43. The van der Waals surface area contributed by atoms with Gasteiger partial charge in [0.15, 0.2) is 5.96 Å². The van der Waals surface area contributed by atoms with Crippen molar-refractivity contribution in [2.75, 3.05) is 26.7 Å². The molecule has 11 heteroatoms. The minimum Gasteiger partial charge on any atom is -0.475 e. The van der Waals surface area contributed by atoms with E-state index in [1.54, 1.807) is 18.4 Å². The minimum atomic E-state index is -4.49. The van der Waals surface area contributed by atoms with Gasteiger partial charge in [-0.3, -0.25) is 4.99 Å². The zero-order chi connectivity index (χ0) is 19.9. The Balaban J connectivity index is 1.71. The van der Waals surface area contributed by atoms with Gasteiger partial charge in [-0.25, -0.2) is 9.97 Å². The number of halogens is 4. The van der Waals surface area contributed by atoms with Crippen LogP contribution in [0, 0.1) is 6.92 Å². The second kappa shape index (κ2) is 9.75. The predicted octanol–water partition coefficient (Wildman–Crippen LogP) is 3.31. The van der Waals surface area contributed by atoms with Crippen LogP contribution >= 0.6 is 22.9 Å². The average molecular weight is 422 g/mol. The van der Waals surface area contributed by atoms with Crippen LogP contribution in [0.1, 0.15) is 15.4 Å². The van der Waals surface area contributed by atoms with Crippen LogP contribution in [0.2, 0.25) is 5.02 Å². The van der Waals surface area contributed by atoms with Gasteiger partial charge >= 0.3 is 6.18 Å². The molecule has 0 spiro atoms. The van der Waals surface area contributed by atoms with Crippen molar-refractivity contribution in [1.29, 1.82) is 0 Å². The van der Waals surface area contributed by atoms with Crippen LogP contribution in [0.5, 0.6) is 5.88 Å². The smallest absolute Gasteiger partial charge is 0.417 e. The second-order valence-corrected chi connectivity index (χ2v) is 7.12. The monoisotopic (exact) mass is 421 g/mol. The fraction of sp³-hybridized carbons (Fsp3) is 0.438. The normalized spacial score (nSPS) is 12.1. The van der Waals surface area contributed by atoms with Gasteiger partial charge in [-0.15, -0.1) is 11.3 Å². The van der Waals surface area contributed by atoms with Gasteiger partial charge in [-0.2, -0.15) is 13.2 Å². The van der Waals surface area contributed by atoms with Gasteiger partial charge in [0.05, 0.1) is 17.1 Å². The number of aryl methyl sites for hydroxylation is 1. The lowest BCUT2D eigenvalue weighted by atomic mass is 10.3. The molecule has 2 rings (SSSR count). The van der Waals surface area contributed by atoms with E-state index < -0.39 is 11.7 Å². The number of nitrogens with one attached hydrogen (secondary N) is 2. The third-order valence-corrected chi connectivity index (χ3v) is 4.54. The molecule has 0 bridgehead atoms. The lowest BCUT2D eigenvalue weighted by Crippen LogP contribution is -2.40. The number of hydrogen-bond acceptors (Lipinski definition) is 5. The number of pyridine rings is 1. The summed E-state index contributed by atoms with van der Waals surface area (Å²) in [7, 11) is 1.64. The predicted molar refractivity (Wildman–Crippen MR) is 99.7 cm³/mol. The first-order valence-electron chi connectivity index (χ1n) is 8.01. The van der Waals surface area contributed by atoms with Crippen LogP contribution in [-0.4, -0.2) is 42.7 Å². The highest BCUT2D eigenvalue weighted by molar-refractivity contribution is 7.11. The Morgan fingerprint density at radius 2 is 2.00 bits per heavy atom. The molecule has 0 aliphatic carbocycles. The first kappa shape index (κ1) is 21.2. The summed E-state index contributed by atoms with van der Waals surface area (Å²) in [6.07, 6.45) is -1.19. The van der Waals surface area contributed by atoms with Crippen molar-refractivity contribution >= 4 is 28.9 Å². The molecule has 0 aliphatic rings. The van der Waals surface area contributed by atoms with E-state index in [4.69, 9.17) is 16.3 Å². The summed E-state index contributed by atoms with van der Waals surface area (Å²) in [5, 5.41) is 7.03. The molecule has 0 aromatic carbocycles. The zero-order valence-electron chi connectivity index (χ0n) is 14.7. The first-order valence-corrected chi connectivity index (χ1v) is 9.20. The molecule has 0 saturated carbocycles. The van der Waals surface area contributed by atoms with Gasteiger partial charge in [-0.05, 0) is 13.0 Å². The van der Waals surface area contributed by atoms with E-state index >= 15 is 0 Å². The third kappa shape index (κ3) is 6.87. The van der Waals surface area contributed by atoms with E-state index in [2.05, 4.69) is 25.6 Å². The summed E-state index contributed by atoms with van der Waals surface area (Å²) in [6.45, 7) is 3.20. The van der Waals surface area contributed by atoms with E-state index in [0.717, 1.165) is 17.5 Å². The number of hydrogen-bond donors (Lipinski definition) is 2. The van der Waals surface area contributed by atoms with Gasteiger partial charge in [0.25, 0.3) is 0 Å². The van der Waals surface area contributed by atoms with E-state index in [-0.39, 0.29) is 17.5 Å². The van der Waals surface area contributed by atoms with Crippen LogP contribution < -0.4 is 15.4 Å². The summed E-state index contributed by atoms with van der Waals surface area (Å²) in [6, 6.07) is 0.790. The molecule has 0 amide bonds. The lowest BCUT2D eigenvalue weighted by Gasteiger charge is -2.13. The Morgan fingerprint density at radius 1 is 1.26 bits per heavy atom. The van der Waals surface area contributed by atoms with Crippen LogP contribution in [0.4, 0.5) is 13.2 Å². The topological polar surface area (TPSA) is 71.4 Å². The first-order chi connectivity index (χ1) is 12.8. The minimum absolute atomic E-state index is 0.0476. The lowest BCUT2D eigenvalue weighted by molar-refractivity contribution is -0.137. The molecule has 6 nitrogen and oxygen atoms in total. The number of nitrogens with zero attached hydrogens (tertiary/aromatic N) is 3. The maximum absolute atomic E-state index is 12.6. The quantitative estimate of drug-likeness (QED) is 0.408. The largest absolute Gasteiger partial charge is 0.475 e. The molecule has 2 heterocycles. The summed E-state index contributed by atoms with van der Waals surface area (Å²) in [5.41, 5.74) is -0.919. The Labute approximate surface area is 163 Å². The van der Waals surface area contributed by atoms with E-state index in [1.807, 2.05) is 13.1 Å². The molecule has 0 radical (unpaired) electrons. The van der Waals surface area contributed by atoms with Crippen molar-refractivity contribution in [1.82, 2.24) is 20.6 Å². The van der Waals surface area contributed by atoms with Crippen LogP contribution in [0.25, 0.3) is 0 Å². The fourth-order valence-corrected chi connectivity index (χ4v) is 3.04. The van der Waals surface area contributed by atoms with E-state index in [9.17, 15) is 13.2 Å². The molecule has 0 aliphatic heterocycles. The Bertz CT molecular complexity index is 782. The molecule has 2 aromatic rings.